The molecule has 0 aromatic carbocycles. The monoisotopic (exact) mass is 366 g/mol. The van der Waals surface area contributed by atoms with Crippen molar-refractivity contribution in [1.29, 1.82) is 0 Å². The largest absolute Gasteiger partial charge is 0.354 e. The fourth-order valence-electron chi connectivity index (χ4n) is 3.03. The van der Waals surface area contributed by atoms with E-state index in [-0.39, 0.29) is 17.7 Å². The van der Waals surface area contributed by atoms with Crippen molar-refractivity contribution in [2.45, 2.75) is 104 Å². The van der Waals surface area contributed by atoms with Crippen molar-refractivity contribution >= 4 is 11.8 Å². The van der Waals surface area contributed by atoms with Crippen molar-refractivity contribution in [2.24, 2.45) is 5.92 Å². The van der Waals surface area contributed by atoms with Crippen LogP contribution in [0.1, 0.15) is 97.8 Å². The van der Waals surface area contributed by atoms with Crippen LogP contribution in [0.5, 0.6) is 0 Å². The normalized spacial score (nSPS) is 12.0. The van der Waals surface area contributed by atoms with Gasteiger partial charge in [-0.1, -0.05) is 98.0 Å². The summed E-state index contributed by atoms with van der Waals surface area (Å²) in [6.07, 6.45) is 16.9. The molecule has 0 rings (SSSR count). The smallest absolute Gasteiger partial charge is 0.244 e. The molecule has 0 fully saturated rings. The lowest BCUT2D eigenvalue weighted by molar-refractivity contribution is -0.128. The van der Waals surface area contributed by atoms with Crippen LogP contribution in [0.3, 0.4) is 0 Å². The molecule has 0 aliphatic rings. The predicted molar refractivity (Wildman–Crippen MR) is 111 cm³/mol. The maximum Gasteiger partial charge on any atom is 0.244 e. The maximum atomic E-state index is 12.2. The minimum atomic E-state index is -0.488. The highest BCUT2D eigenvalue weighted by molar-refractivity contribution is 5.92. The molecule has 0 spiro atoms. The van der Waals surface area contributed by atoms with E-state index < -0.39 is 6.04 Å². The van der Waals surface area contributed by atoms with Gasteiger partial charge in [0, 0.05) is 6.54 Å². The summed E-state index contributed by atoms with van der Waals surface area (Å²) in [5.74, 6) is -0.344. The Morgan fingerprint density at radius 3 is 1.73 bits per heavy atom. The van der Waals surface area contributed by atoms with Gasteiger partial charge in [0.25, 0.3) is 0 Å². The molecule has 0 aromatic heterocycles. The van der Waals surface area contributed by atoms with Crippen LogP contribution >= 0.6 is 0 Å². The molecule has 0 saturated carbocycles. The Morgan fingerprint density at radius 1 is 0.846 bits per heavy atom. The molecule has 152 valence electrons. The second-order valence-corrected chi connectivity index (χ2v) is 7.61. The fourth-order valence-corrected chi connectivity index (χ4v) is 3.03. The number of carbonyl (C=O) groups is 2. The molecule has 4 heteroatoms. The highest BCUT2D eigenvalue weighted by Crippen LogP contribution is 2.11. The van der Waals surface area contributed by atoms with Gasteiger partial charge in [0.15, 0.2) is 0 Å². The Bertz CT molecular complexity index is 380. The number of hydrogen-bond acceptors (Lipinski definition) is 2. The Hall–Kier alpha value is -1.32. The molecule has 0 radical (unpaired) electrons. The van der Waals surface area contributed by atoms with Crippen LogP contribution in [0, 0.1) is 5.92 Å². The molecule has 0 aromatic rings. The third-order valence-electron chi connectivity index (χ3n) is 4.76. The van der Waals surface area contributed by atoms with Crippen molar-refractivity contribution in [1.82, 2.24) is 10.6 Å². The van der Waals surface area contributed by atoms with E-state index in [2.05, 4.69) is 24.1 Å². The van der Waals surface area contributed by atoms with E-state index in [0.29, 0.717) is 6.54 Å². The number of hydrogen-bond donors (Lipinski definition) is 2. The van der Waals surface area contributed by atoms with E-state index in [0.717, 1.165) is 12.8 Å². The molecule has 2 N–H and O–H groups in total. The van der Waals surface area contributed by atoms with Gasteiger partial charge in [0.05, 0.1) is 0 Å². The van der Waals surface area contributed by atoms with Crippen LogP contribution in [-0.4, -0.2) is 24.4 Å². The molecule has 1 atom stereocenters. The topological polar surface area (TPSA) is 58.2 Å². The number of rotatable bonds is 17. The summed E-state index contributed by atoms with van der Waals surface area (Å²) in [4.78, 5) is 23.6. The summed E-state index contributed by atoms with van der Waals surface area (Å²) in [6.45, 7) is 10.2. The molecule has 0 saturated heterocycles. The third kappa shape index (κ3) is 13.9. The van der Waals surface area contributed by atoms with E-state index >= 15 is 0 Å². The first-order valence-corrected chi connectivity index (χ1v) is 10.7. The SMILES string of the molecule is C=CC(=O)N[C@H](C(=O)NCCCCCCCCCCCCCC)C(C)C. The predicted octanol–water partition coefficient (Wildman–Crippen LogP) is 5.13. The van der Waals surface area contributed by atoms with Gasteiger partial charge >= 0.3 is 0 Å². The van der Waals surface area contributed by atoms with Gasteiger partial charge in [-0.25, -0.2) is 0 Å². The maximum absolute atomic E-state index is 12.2. The van der Waals surface area contributed by atoms with Gasteiger partial charge < -0.3 is 10.6 Å². The van der Waals surface area contributed by atoms with Crippen LogP contribution < -0.4 is 10.6 Å². The van der Waals surface area contributed by atoms with Crippen molar-refractivity contribution in [2.75, 3.05) is 6.54 Å². The van der Waals surface area contributed by atoms with E-state index in [1.807, 2.05) is 13.8 Å². The zero-order valence-corrected chi connectivity index (χ0v) is 17.4. The van der Waals surface area contributed by atoms with Gasteiger partial charge in [-0.15, -0.1) is 0 Å². The van der Waals surface area contributed by atoms with Crippen LogP contribution in [0.2, 0.25) is 0 Å². The first-order valence-electron chi connectivity index (χ1n) is 10.7. The number of unbranched alkanes of at least 4 members (excludes halogenated alkanes) is 11. The molecule has 0 unspecified atom stereocenters. The van der Waals surface area contributed by atoms with Crippen molar-refractivity contribution in [3.63, 3.8) is 0 Å². The summed E-state index contributed by atoms with van der Waals surface area (Å²) < 4.78 is 0. The summed E-state index contributed by atoms with van der Waals surface area (Å²) >= 11 is 0. The first-order chi connectivity index (χ1) is 12.5. The number of nitrogens with one attached hydrogen (secondary N) is 2. The van der Waals surface area contributed by atoms with Crippen LogP contribution in [0.25, 0.3) is 0 Å². The average molecular weight is 367 g/mol. The van der Waals surface area contributed by atoms with E-state index in [1.54, 1.807) is 0 Å². The van der Waals surface area contributed by atoms with Crippen molar-refractivity contribution in [3.05, 3.63) is 12.7 Å². The van der Waals surface area contributed by atoms with E-state index in [1.165, 1.54) is 70.3 Å². The molecule has 4 nitrogen and oxygen atoms in total. The highest BCUT2D eigenvalue weighted by atomic mass is 16.2. The van der Waals surface area contributed by atoms with Gasteiger partial charge in [0.1, 0.15) is 6.04 Å². The van der Waals surface area contributed by atoms with Gasteiger partial charge in [-0.05, 0) is 18.4 Å². The summed E-state index contributed by atoms with van der Waals surface area (Å²) in [6, 6.07) is -0.488. The van der Waals surface area contributed by atoms with E-state index in [4.69, 9.17) is 0 Å². The quantitative estimate of drug-likeness (QED) is 0.277. The molecule has 0 bridgehead atoms. The molecular formula is C22H42N2O2. The van der Waals surface area contributed by atoms with Gasteiger partial charge in [-0.2, -0.15) is 0 Å². The standard InChI is InChI=1S/C22H42N2O2/c1-5-7-8-9-10-11-12-13-14-15-16-17-18-23-22(26)21(19(3)4)24-20(25)6-2/h6,19,21H,2,5,7-18H2,1,3-4H3,(H,23,26)(H,24,25)/t21-/m0/s1. The lowest BCUT2D eigenvalue weighted by atomic mass is 10.0. The second-order valence-electron chi connectivity index (χ2n) is 7.61. The molecule has 26 heavy (non-hydrogen) atoms. The summed E-state index contributed by atoms with van der Waals surface area (Å²) in [7, 11) is 0. The van der Waals surface area contributed by atoms with Crippen LogP contribution in [-0.2, 0) is 9.59 Å². The minimum Gasteiger partial charge on any atom is -0.354 e. The molecule has 0 heterocycles. The zero-order chi connectivity index (χ0) is 19.6. The van der Waals surface area contributed by atoms with Crippen molar-refractivity contribution in [3.8, 4) is 0 Å². The van der Waals surface area contributed by atoms with Crippen LogP contribution in [0.15, 0.2) is 12.7 Å². The third-order valence-corrected chi connectivity index (χ3v) is 4.76. The lowest BCUT2D eigenvalue weighted by Crippen LogP contribution is -2.49. The van der Waals surface area contributed by atoms with E-state index in [9.17, 15) is 9.59 Å². The van der Waals surface area contributed by atoms with Gasteiger partial charge in [0.2, 0.25) is 11.8 Å². The first kappa shape index (κ1) is 24.7. The Balaban J connectivity index is 3.57. The Kier molecular flexibility index (Phi) is 16.2. The Morgan fingerprint density at radius 2 is 1.31 bits per heavy atom. The zero-order valence-electron chi connectivity index (χ0n) is 17.4. The lowest BCUT2D eigenvalue weighted by Gasteiger charge is -2.20. The molecule has 0 aliphatic carbocycles. The van der Waals surface area contributed by atoms with Crippen LogP contribution in [0.4, 0.5) is 0 Å². The van der Waals surface area contributed by atoms with Crippen molar-refractivity contribution < 1.29 is 9.59 Å². The second kappa shape index (κ2) is 17.1. The summed E-state index contributed by atoms with van der Waals surface area (Å²) in [5, 5.41) is 5.63. The summed E-state index contributed by atoms with van der Waals surface area (Å²) in [5.41, 5.74) is 0. The number of amides is 2. The van der Waals surface area contributed by atoms with Gasteiger partial charge in [-0.3, -0.25) is 9.59 Å². The molecule has 2 amide bonds. The number of carbonyl (C=O) groups excluding carboxylic acids is 2. The Labute approximate surface area is 161 Å². The average Bonchev–Trinajstić information content (AvgIpc) is 2.62. The molecular weight excluding hydrogens is 324 g/mol. The minimum absolute atomic E-state index is 0.0564. The highest BCUT2D eigenvalue weighted by Gasteiger charge is 2.22. The molecule has 0 aliphatic heterocycles. The fraction of sp³-hybridized carbons (Fsp3) is 0.818.